The molecule has 1 aliphatic carbocycles. The van der Waals surface area contributed by atoms with Gasteiger partial charge in [0.1, 0.15) is 0 Å². The van der Waals surface area contributed by atoms with Crippen LogP contribution in [0.1, 0.15) is 29.0 Å². The predicted octanol–water partition coefficient (Wildman–Crippen LogP) is 2.60. The van der Waals surface area contributed by atoms with Gasteiger partial charge in [0, 0.05) is 0 Å². The van der Waals surface area contributed by atoms with Crippen LogP contribution < -0.4 is 5.32 Å². The number of amides is 1. The molecule has 108 valence electrons. The molecule has 4 nitrogen and oxygen atoms in total. The molecule has 0 saturated heterocycles. The van der Waals surface area contributed by atoms with E-state index in [1.807, 2.05) is 30.3 Å². The summed E-state index contributed by atoms with van der Waals surface area (Å²) in [7, 11) is 0. The van der Waals surface area contributed by atoms with Crippen molar-refractivity contribution in [3.8, 4) is 0 Å². The number of rotatable bonds is 6. The number of hydrogen-bond donors (Lipinski definition) is 1. The van der Waals surface area contributed by atoms with Gasteiger partial charge in [-0.1, -0.05) is 30.3 Å². The van der Waals surface area contributed by atoms with Gasteiger partial charge < -0.3 is 9.73 Å². The standard InChI is InChI=1S/C17H17NO3/c19-14(15-7-4-10-21-15)12-18-16(20)17(8-9-17)11-13-5-2-1-3-6-13/h1-7,10H,8-9,11-12H2,(H,18,20). The lowest BCUT2D eigenvalue weighted by Crippen LogP contribution is -2.36. The third-order valence-corrected chi connectivity index (χ3v) is 3.93. The highest BCUT2D eigenvalue weighted by molar-refractivity contribution is 5.98. The lowest BCUT2D eigenvalue weighted by Gasteiger charge is -2.14. The Morgan fingerprint density at radius 3 is 2.48 bits per heavy atom. The van der Waals surface area contributed by atoms with Crippen LogP contribution in [0.3, 0.4) is 0 Å². The van der Waals surface area contributed by atoms with Crippen LogP contribution in [0.5, 0.6) is 0 Å². The molecular weight excluding hydrogens is 266 g/mol. The van der Waals surface area contributed by atoms with E-state index in [0.29, 0.717) is 0 Å². The lowest BCUT2D eigenvalue weighted by atomic mass is 9.95. The Balaban J connectivity index is 1.57. The summed E-state index contributed by atoms with van der Waals surface area (Å²) in [5.74, 6) is 0.0401. The minimum absolute atomic E-state index is 0.0110. The Bertz CT molecular complexity index is 627. The number of benzene rings is 1. The zero-order valence-corrected chi connectivity index (χ0v) is 11.7. The SMILES string of the molecule is O=C(CNC(=O)C1(Cc2ccccc2)CC1)c1ccco1. The molecule has 1 amide bonds. The van der Waals surface area contributed by atoms with E-state index < -0.39 is 0 Å². The second-order valence-corrected chi connectivity index (χ2v) is 5.53. The van der Waals surface area contributed by atoms with Gasteiger partial charge in [-0.05, 0) is 37.0 Å². The molecule has 0 radical (unpaired) electrons. The summed E-state index contributed by atoms with van der Waals surface area (Å²) in [6.45, 7) is -0.0110. The molecule has 1 aromatic heterocycles. The van der Waals surface area contributed by atoms with Gasteiger partial charge in [0.15, 0.2) is 5.76 Å². The van der Waals surface area contributed by atoms with Gasteiger partial charge in [0.05, 0.1) is 18.2 Å². The molecule has 3 rings (SSSR count). The summed E-state index contributed by atoms with van der Waals surface area (Å²) in [5.41, 5.74) is 0.827. The fraction of sp³-hybridized carbons (Fsp3) is 0.294. The number of carbonyl (C=O) groups is 2. The van der Waals surface area contributed by atoms with E-state index in [2.05, 4.69) is 5.32 Å². The quantitative estimate of drug-likeness (QED) is 0.829. The third kappa shape index (κ3) is 3.05. The number of ketones is 1. The molecule has 0 spiro atoms. The van der Waals surface area contributed by atoms with E-state index in [0.717, 1.165) is 24.8 Å². The summed E-state index contributed by atoms with van der Waals surface area (Å²) in [4.78, 5) is 24.1. The highest BCUT2D eigenvalue weighted by atomic mass is 16.3. The Hall–Kier alpha value is -2.36. The van der Waals surface area contributed by atoms with Crippen molar-refractivity contribution in [3.05, 3.63) is 60.1 Å². The molecule has 0 bridgehead atoms. The van der Waals surface area contributed by atoms with Crippen LogP contribution in [0.15, 0.2) is 53.1 Å². The topological polar surface area (TPSA) is 59.3 Å². The zero-order chi connectivity index (χ0) is 14.7. The molecule has 21 heavy (non-hydrogen) atoms. The van der Waals surface area contributed by atoms with Crippen molar-refractivity contribution in [3.63, 3.8) is 0 Å². The van der Waals surface area contributed by atoms with Gasteiger partial charge in [0.2, 0.25) is 11.7 Å². The van der Waals surface area contributed by atoms with Crippen LogP contribution in [0.25, 0.3) is 0 Å². The van der Waals surface area contributed by atoms with E-state index >= 15 is 0 Å². The van der Waals surface area contributed by atoms with Gasteiger partial charge in [-0.2, -0.15) is 0 Å². The maximum Gasteiger partial charge on any atom is 0.226 e. The summed E-state index contributed by atoms with van der Waals surface area (Å²) in [5, 5.41) is 2.75. The van der Waals surface area contributed by atoms with Gasteiger partial charge in [0.25, 0.3) is 0 Å². The van der Waals surface area contributed by atoms with Gasteiger partial charge in [-0.15, -0.1) is 0 Å². The van der Waals surface area contributed by atoms with Crippen molar-refractivity contribution in [1.29, 1.82) is 0 Å². The van der Waals surface area contributed by atoms with Crippen molar-refractivity contribution in [2.45, 2.75) is 19.3 Å². The molecular formula is C17H17NO3. The number of furan rings is 1. The van der Waals surface area contributed by atoms with Gasteiger partial charge in [-0.3, -0.25) is 9.59 Å². The highest BCUT2D eigenvalue weighted by Gasteiger charge is 2.49. The largest absolute Gasteiger partial charge is 0.461 e. The van der Waals surface area contributed by atoms with Crippen LogP contribution in [-0.4, -0.2) is 18.2 Å². The second-order valence-electron chi connectivity index (χ2n) is 5.53. The normalized spacial score (nSPS) is 15.4. The highest BCUT2D eigenvalue weighted by Crippen LogP contribution is 2.48. The predicted molar refractivity (Wildman–Crippen MR) is 77.9 cm³/mol. The number of nitrogens with one attached hydrogen (secondary N) is 1. The van der Waals surface area contributed by atoms with E-state index in [1.165, 1.54) is 6.26 Å². The fourth-order valence-electron chi connectivity index (χ4n) is 2.49. The first-order valence-corrected chi connectivity index (χ1v) is 7.09. The van der Waals surface area contributed by atoms with Crippen molar-refractivity contribution >= 4 is 11.7 Å². The second kappa shape index (κ2) is 5.56. The van der Waals surface area contributed by atoms with E-state index in [9.17, 15) is 9.59 Å². The number of hydrogen-bond acceptors (Lipinski definition) is 3. The van der Waals surface area contributed by atoms with E-state index in [-0.39, 0.29) is 29.4 Å². The average molecular weight is 283 g/mol. The summed E-state index contributed by atoms with van der Waals surface area (Å²) in [6, 6.07) is 13.2. The molecule has 1 heterocycles. The van der Waals surface area contributed by atoms with Crippen molar-refractivity contribution in [1.82, 2.24) is 5.32 Å². The molecule has 0 atom stereocenters. The molecule has 1 fully saturated rings. The Kier molecular flexibility index (Phi) is 3.60. The van der Waals surface area contributed by atoms with E-state index in [4.69, 9.17) is 4.42 Å². The smallest absolute Gasteiger partial charge is 0.226 e. The minimum Gasteiger partial charge on any atom is -0.461 e. The van der Waals surface area contributed by atoms with Crippen LogP contribution in [0.2, 0.25) is 0 Å². The Morgan fingerprint density at radius 1 is 1.10 bits per heavy atom. The summed E-state index contributed by atoms with van der Waals surface area (Å²) < 4.78 is 5.02. The number of Topliss-reactive ketones (excluding diaryl/α,β-unsaturated/α-hetero) is 1. The maximum atomic E-state index is 12.3. The first kappa shape index (κ1) is 13.6. The molecule has 0 aliphatic heterocycles. The van der Waals surface area contributed by atoms with Crippen molar-refractivity contribution in [2.24, 2.45) is 5.41 Å². The average Bonchev–Trinajstić information content (AvgIpc) is 3.08. The Morgan fingerprint density at radius 2 is 1.86 bits per heavy atom. The maximum absolute atomic E-state index is 12.3. The third-order valence-electron chi connectivity index (χ3n) is 3.93. The Labute approximate surface area is 123 Å². The van der Waals surface area contributed by atoms with Gasteiger partial charge in [-0.25, -0.2) is 0 Å². The van der Waals surface area contributed by atoms with Crippen molar-refractivity contribution in [2.75, 3.05) is 6.54 Å². The fourth-order valence-corrected chi connectivity index (χ4v) is 2.49. The van der Waals surface area contributed by atoms with Crippen LogP contribution in [0.4, 0.5) is 0 Å². The molecule has 1 aliphatic rings. The molecule has 2 aromatic rings. The van der Waals surface area contributed by atoms with Crippen LogP contribution in [0, 0.1) is 5.41 Å². The molecule has 1 saturated carbocycles. The first-order valence-electron chi connectivity index (χ1n) is 7.09. The first-order chi connectivity index (χ1) is 10.2. The molecule has 1 N–H and O–H groups in total. The summed E-state index contributed by atoms with van der Waals surface area (Å²) in [6.07, 6.45) is 3.94. The van der Waals surface area contributed by atoms with Crippen LogP contribution >= 0.6 is 0 Å². The van der Waals surface area contributed by atoms with E-state index in [1.54, 1.807) is 12.1 Å². The number of carbonyl (C=O) groups excluding carboxylic acids is 2. The lowest BCUT2D eigenvalue weighted by molar-refractivity contribution is -0.126. The monoisotopic (exact) mass is 283 g/mol. The van der Waals surface area contributed by atoms with Crippen LogP contribution in [-0.2, 0) is 11.2 Å². The minimum atomic E-state index is -0.329. The molecule has 4 heteroatoms. The molecule has 1 aromatic carbocycles. The molecule has 0 unspecified atom stereocenters. The van der Waals surface area contributed by atoms with Crippen molar-refractivity contribution < 1.29 is 14.0 Å². The summed E-state index contributed by atoms with van der Waals surface area (Å²) >= 11 is 0. The van der Waals surface area contributed by atoms with Gasteiger partial charge >= 0.3 is 0 Å². The zero-order valence-electron chi connectivity index (χ0n) is 11.7.